The largest absolute Gasteiger partial charge is 0.377 e. The summed E-state index contributed by atoms with van der Waals surface area (Å²) in [6, 6.07) is 12.8. The fourth-order valence-corrected chi connectivity index (χ4v) is 2.33. The van der Waals surface area contributed by atoms with Gasteiger partial charge >= 0.3 is 0 Å². The molecular formula is C17H17FN2. The lowest BCUT2D eigenvalue weighted by Gasteiger charge is -2.18. The molecule has 0 aromatic heterocycles. The van der Waals surface area contributed by atoms with Gasteiger partial charge in [-0.3, -0.25) is 0 Å². The van der Waals surface area contributed by atoms with Crippen molar-refractivity contribution in [3.63, 3.8) is 0 Å². The highest BCUT2D eigenvalue weighted by molar-refractivity contribution is 5.59. The number of benzene rings is 2. The summed E-state index contributed by atoms with van der Waals surface area (Å²) in [4.78, 5) is 0. The van der Waals surface area contributed by atoms with Crippen molar-refractivity contribution in [2.45, 2.75) is 26.8 Å². The third-order valence-electron chi connectivity index (χ3n) is 3.24. The summed E-state index contributed by atoms with van der Waals surface area (Å²) < 4.78 is 13.6. The van der Waals surface area contributed by atoms with Crippen molar-refractivity contribution in [1.29, 1.82) is 5.26 Å². The molecule has 3 heteroatoms. The molecule has 2 nitrogen and oxygen atoms in total. The maximum Gasteiger partial charge on any atom is 0.143 e. The van der Waals surface area contributed by atoms with Crippen LogP contribution in [-0.4, -0.2) is 0 Å². The Morgan fingerprint density at radius 3 is 2.40 bits per heavy atom. The van der Waals surface area contributed by atoms with E-state index in [1.807, 2.05) is 26.8 Å². The minimum absolute atomic E-state index is 0.00231. The van der Waals surface area contributed by atoms with Gasteiger partial charge < -0.3 is 5.32 Å². The number of aryl methyl sites for hydroxylation is 2. The van der Waals surface area contributed by atoms with Gasteiger partial charge in [-0.1, -0.05) is 35.4 Å². The molecule has 102 valence electrons. The Labute approximate surface area is 118 Å². The summed E-state index contributed by atoms with van der Waals surface area (Å²) in [7, 11) is 0. The summed E-state index contributed by atoms with van der Waals surface area (Å²) in [6.07, 6.45) is 0. The lowest BCUT2D eigenvalue weighted by atomic mass is 10.0. The van der Waals surface area contributed by atoms with Crippen molar-refractivity contribution in [3.05, 3.63) is 64.5 Å². The molecule has 2 rings (SSSR count). The number of nitrogens with zero attached hydrogens (tertiary/aromatic N) is 1. The van der Waals surface area contributed by atoms with Gasteiger partial charge in [0.15, 0.2) is 0 Å². The van der Waals surface area contributed by atoms with Crippen LogP contribution in [0.2, 0.25) is 0 Å². The fraction of sp³-hybridized carbons (Fsp3) is 0.235. The molecule has 20 heavy (non-hydrogen) atoms. The van der Waals surface area contributed by atoms with Crippen molar-refractivity contribution in [1.82, 2.24) is 0 Å². The molecule has 1 atom stereocenters. The maximum absolute atomic E-state index is 13.6. The molecular weight excluding hydrogens is 251 g/mol. The number of halogens is 1. The molecule has 0 aliphatic heterocycles. The minimum atomic E-state index is -0.495. The van der Waals surface area contributed by atoms with E-state index in [1.54, 1.807) is 12.1 Å². The Morgan fingerprint density at radius 1 is 1.15 bits per heavy atom. The number of nitrogens with one attached hydrogen (secondary N) is 1. The van der Waals surface area contributed by atoms with Gasteiger partial charge in [-0.2, -0.15) is 5.26 Å². The van der Waals surface area contributed by atoms with Gasteiger partial charge in [0, 0.05) is 6.04 Å². The molecule has 1 N–H and O–H groups in total. The molecule has 0 amide bonds. The summed E-state index contributed by atoms with van der Waals surface area (Å²) in [5, 5.41) is 12.3. The SMILES string of the molecule is Cc1cc(C)cc(C(C)Nc2cccc(F)c2C#N)c1. The van der Waals surface area contributed by atoms with Gasteiger partial charge in [0.2, 0.25) is 0 Å². The Bertz CT molecular complexity index is 651. The second-order valence-corrected chi connectivity index (χ2v) is 5.06. The van der Waals surface area contributed by atoms with Crippen LogP contribution in [0.25, 0.3) is 0 Å². The van der Waals surface area contributed by atoms with Gasteiger partial charge in [0.25, 0.3) is 0 Å². The normalized spacial score (nSPS) is 11.8. The van der Waals surface area contributed by atoms with Crippen LogP contribution < -0.4 is 5.32 Å². The van der Waals surface area contributed by atoms with Crippen LogP contribution in [0.15, 0.2) is 36.4 Å². The van der Waals surface area contributed by atoms with Crippen molar-refractivity contribution >= 4 is 5.69 Å². The van der Waals surface area contributed by atoms with Crippen molar-refractivity contribution in [2.75, 3.05) is 5.32 Å². The van der Waals surface area contributed by atoms with Crippen LogP contribution in [0.1, 0.15) is 35.2 Å². The first-order valence-electron chi connectivity index (χ1n) is 6.54. The molecule has 2 aromatic carbocycles. The molecule has 0 saturated carbocycles. The van der Waals surface area contributed by atoms with Crippen LogP contribution in [0.5, 0.6) is 0 Å². The first-order valence-corrected chi connectivity index (χ1v) is 6.54. The second kappa shape index (κ2) is 5.75. The summed E-state index contributed by atoms with van der Waals surface area (Å²) in [5.74, 6) is -0.495. The van der Waals surface area contributed by atoms with Crippen molar-refractivity contribution in [2.24, 2.45) is 0 Å². The Balaban J connectivity index is 2.30. The Morgan fingerprint density at radius 2 is 1.80 bits per heavy atom. The first-order chi connectivity index (χ1) is 9.51. The van der Waals surface area contributed by atoms with Gasteiger partial charge in [-0.25, -0.2) is 4.39 Å². The van der Waals surface area contributed by atoms with E-state index in [2.05, 4.69) is 23.5 Å². The quantitative estimate of drug-likeness (QED) is 0.890. The van der Waals surface area contributed by atoms with E-state index in [1.165, 1.54) is 17.2 Å². The molecule has 1 unspecified atom stereocenters. The number of hydrogen-bond acceptors (Lipinski definition) is 2. The summed E-state index contributed by atoms with van der Waals surface area (Å²) in [6.45, 7) is 6.10. The molecule has 0 heterocycles. The zero-order chi connectivity index (χ0) is 14.7. The molecule has 0 bridgehead atoms. The fourth-order valence-electron chi connectivity index (χ4n) is 2.33. The Kier molecular flexibility index (Phi) is 4.05. The van der Waals surface area contributed by atoms with E-state index in [0.717, 1.165) is 5.56 Å². The highest BCUT2D eigenvalue weighted by Crippen LogP contribution is 2.25. The summed E-state index contributed by atoms with van der Waals surface area (Å²) in [5.41, 5.74) is 4.08. The van der Waals surface area contributed by atoms with E-state index >= 15 is 0 Å². The van der Waals surface area contributed by atoms with Gasteiger partial charge in [0.1, 0.15) is 17.4 Å². The molecule has 0 radical (unpaired) electrons. The smallest absolute Gasteiger partial charge is 0.143 e. The molecule has 0 aliphatic carbocycles. The van der Waals surface area contributed by atoms with Gasteiger partial charge in [-0.05, 0) is 38.5 Å². The van der Waals surface area contributed by atoms with E-state index in [-0.39, 0.29) is 11.6 Å². The van der Waals surface area contributed by atoms with Crippen LogP contribution in [0, 0.1) is 31.0 Å². The second-order valence-electron chi connectivity index (χ2n) is 5.06. The van der Waals surface area contributed by atoms with Gasteiger partial charge in [0.05, 0.1) is 5.69 Å². The Hall–Kier alpha value is -2.34. The number of nitriles is 1. The van der Waals surface area contributed by atoms with Crippen LogP contribution >= 0.6 is 0 Å². The molecule has 2 aromatic rings. The molecule has 0 fully saturated rings. The highest BCUT2D eigenvalue weighted by atomic mass is 19.1. The lowest BCUT2D eigenvalue weighted by Crippen LogP contribution is -2.09. The van der Waals surface area contributed by atoms with E-state index < -0.39 is 5.82 Å². The average Bonchev–Trinajstić information content (AvgIpc) is 2.37. The van der Waals surface area contributed by atoms with Crippen molar-refractivity contribution in [3.8, 4) is 6.07 Å². The maximum atomic E-state index is 13.6. The molecule has 0 spiro atoms. The van der Waals surface area contributed by atoms with E-state index in [4.69, 9.17) is 5.26 Å². The van der Waals surface area contributed by atoms with E-state index in [9.17, 15) is 4.39 Å². The number of hydrogen-bond donors (Lipinski definition) is 1. The zero-order valence-electron chi connectivity index (χ0n) is 11.9. The van der Waals surface area contributed by atoms with Crippen LogP contribution in [0.3, 0.4) is 0 Å². The van der Waals surface area contributed by atoms with Crippen LogP contribution in [0.4, 0.5) is 10.1 Å². The first kappa shape index (κ1) is 14.1. The molecule has 0 saturated heterocycles. The minimum Gasteiger partial charge on any atom is -0.377 e. The topological polar surface area (TPSA) is 35.8 Å². The lowest BCUT2D eigenvalue weighted by molar-refractivity contribution is 0.624. The van der Waals surface area contributed by atoms with Crippen molar-refractivity contribution < 1.29 is 4.39 Å². The predicted octanol–water partition coefficient (Wildman–Crippen LogP) is 4.49. The third kappa shape index (κ3) is 2.97. The van der Waals surface area contributed by atoms with Crippen LogP contribution in [-0.2, 0) is 0 Å². The van der Waals surface area contributed by atoms with E-state index in [0.29, 0.717) is 5.69 Å². The average molecular weight is 268 g/mol. The number of anilines is 1. The molecule has 0 aliphatic rings. The monoisotopic (exact) mass is 268 g/mol. The van der Waals surface area contributed by atoms with Gasteiger partial charge in [-0.15, -0.1) is 0 Å². The summed E-state index contributed by atoms with van der Waals surface area (Å²) >= 11 is 0. The highest BCUT2D eigenvalue weighted by Gasteiger charge is 2.12. The predicted molar refractivity (Wildman–Crippen MR) is 79.1 cm³/mol. The number of rotatable bonds is 3. The zero-order valence-corrected chi connectivity index (χ0v) is 11.9. The standard InChI is InChI=1S/C17H17FN2/c1-11-7-12(2)9-14(8-11)13(3)20-17-6-4-5-16(18)15(17)10-19/h4-9,13,20H,1-3H3. The third-order valence-corrected chi connectivity index (χ3v) is 3.24.